The summed E-state index contributed by atoms with van der Waals surface area (Å²) in [6.45, 7) is 4.65. The van der Waals surface area contributed by atoms with Crippen LogP contribution in [-0.2, 0) is 16.0 Å². The van der Waals surface area contributed by atoms with Gasteiger partial charge >= 0.3 is 6.03 Å². The van der Waals surface area contributed by atoms with Gasteiger partial charge in [-0.1, -0.05) is 44.2 Å². The Balaban J connectivity index is 1.72. The van der Waals surface area contributed by atoms with E-state index in [0.717, 1.165) is 11.3 Å². The van der Waals surface area contributed by atoms with Crippen LogP contribution in [0.2, 0.25) is 0 Å². The van der Waals surface area contributed by atoms with Gasteiger partial charge in [0, 0.05) is 6.54 Å². The van der Waals surface area contributed by atoms with E-state index in [-0.39, 0.29) is 24.1 Å². The highest BCUT2D eigenvalue weighted by molar-refractivity contribution is 6.30. The quantitative estimate of drug-likeness (QED) is 0.716. The number of piperidine rings is 1. The first-order chi connectivity index (χ1) is 14.8. The summed E-state index contributed by atoms with van der Waals surface area (Å²) in [7, 11) is 0. The van der Waals surface area contributed by atoms with E-state index in [1.807, 2.05) is 11.8 Å². The molecule has 2 fully saturated rings. The molecule has 0 aliphatic carbocycles. The molecule has 3 aliphatic heterocycles. The van der Waals surface area contributed by atoms with Crippen molar-refractivity contribution in [2.75, 3.05) is 16.3 Å². The van der Waals surface area contributed by atoms with Crippen LogP contribution in [0.4, 0.5) is 20.6 Å². The lowest BCUT2D eigenvalue weighted by atomic mass is 9.62. The number of para-hydroxylation sites is 2. The highest BCUT2D eigenvalue weighted by Gasteiger charge is 2.64. The van der Waals surface area contributed by atoms with Crippen molar-refractivity contribution in [1.29, 1.82) is 0 Å². The van der Waals surface area contributed by atoms with Crippen LogP contribution in [0.1, 0.15) is 25.8 Å². The van der Waals surface area contributed by atoms with E-state index >= 15 is 0 Å². The molecule has 1 N–H and O–H groups in total. The zero-order valence-corrected chi connectivity index (χ0v) is 17.5. The molecule has 31 heavy (non-hydrogen) atoms. The van der Waals surface area contributed by atoms with E-state index in [0.29, 0.717) is 23.5 Å². The Bertz CT molecular complexity index is 1090. The van der Waals surface area contributed by atoms with Gasteiger partial charge in [-0.3, -0.25) is 14.9 Å². The van der Waals surface area contributed by atoms with Crippen molar-refractivity contribution in [3.8, 4) is 0 Å². The molecule has 2 saturated heterocycles. The number of nitrogens with one attached hydrogen (secondary N) is 1. The molecule has 3 heterocycles. The van der Waals surface area contributed by atoms with E-state index in [4.69, 9.17) is 0 Å². The number of carbonyl (C=O) groups excluding carboxylic acids is 3. The van der Waals surface area contributed by atoms with Gasteiger partial charge in [-0.05, 0) is 48.4 Å². The SMILES string of the molecule is C[C@@H]1C[C@@H](C)[C@H]2N(C1)c1c(F)cccc1C[C@@]21C(=O)NC(=O)N(c2ccccc2)C1=O. The third-order valence-corrected chi connectivity index (χ3v) is 6.92. The Morgan fingerprint density at radius 3 is 2.52 bits per heavy atom. The van der Waals surface area contributed by atoms with Crippen molar-refractivity contribution in [2.45, 2.75) is 32.7 Å². The predicted octanol–water partition coefficient (Wildman–Crippen LogP) is 3.50. The van der Waals surface area contributed by atoms with Crippen molar-refractivity contribution in [3.05, 3.63) is 59.9 Å². The maximum Gasteiger partial charge on any atom is 0.335 e. The van der Waals surface area contributed by atoms with E-state index < -0.39 is 29.3 Å². The van der Waals surface area contributed by atoms with E-state index in [9.17, 15) is 18.8 Å². The summed E-state index contributed by atoms with van der Waals surface area (Å²) in [6, 6.07) is 12.1. The maximum atomic E-state index is 15.0. The molecule has 5 rings (SSSR count). The van der Waals surface area contributed by atoms with Crippen LogP contribution in [0.25, 0.3) is 0 Å². The van der Waals surface area contributed by atoms with Crippen LogP contribution < -0.4 is 15.1 Å². The summed E-state index contributed by atoms with van der Waals surface area (Å²) >= 11 is 0. The predicted molar refractivity (Wildman–Crippen MR) is 114 cm³/mol. The lowest BCUT2D eigenvalue weighted by Crippen LogP contribution is -2.74. The molecule has 0 unspecified atom stereocenters. The number of nitrogens with zero attached hydrogens (tertiary/aromatic N) is 2. The summed E-state index contributed by atoms with van der Waals surface area (Å²) in [5.41, 5.74) is -0.0154. The van der Waals surface area contributed by atoms with Crippen molar-refractivity contribution in [1.82, 2.24) is 5.32 Å². The molecular formula is C24H24FN3O3. The van der Waals surface area contributed by atoms with Crippen molar-refractivity contribution < 1.29 is 18.8 Å². The van der Waals surface area contributed by atoms with Gasteiger partial charge < -0.3 is 4.90 Å². The summed E-state index contributed by atoms with van der Waals surface area (Å²) < 4.78 is 15.0. The van der Waals surface area contributed by atoms with Crippen LogP contribution in [-0.4, -0.2) is 30.4 Å². The van der Waals surface area contributed by atoms with Crippen LogP contribution in [0, 0.1) is 23.1 Å². The molecule has 0 saturated carbocycles. The average Bonchev–Trinajstić information content (AvgIpc) is 2.72. The Morgan fingerprint density at radius 2 is 1.77 bits per heavy atom. The minimum absolute atomic E-state index is 0.0444. The van der Waals surface area contributed by atoms with E-state index in [2.05, 4.69) is 12.2 Å². The number of imide groups is 2. The first-order valence-corrected chi connectivity index (χ1v) is 10.6. The second-order valence-corrected chi connectivity index (χ2v) is 9.05. The molecule has 3 aliphatic rings. The Labute approximate surface area is 180 Å². The molecule has 6 nitrogen and oxygen atoms in total. The fourth-order valence-corrected chi connectivity index (χ4v) is 5.89. The molecular weight excluding hydrogens is 397 g/mol. The molecule has 0 bridgehead atoms. The Morgan fingerprint density at radius 1 is 1.03 bits per heavy atom. The van der Waals surface area contributed by atoms with Crippen molar-refractivity contribution >= 4 is 29.2 Å². The smallest absolute Gasteiger partial charge is 0.335 e. The van der Waals surface area contributed by atoms with Gasteiger partial charge in [0.05, 0.1) is 17.4 Å². The molecule has 2 aromatic carbocycles. The number of halogens is 1. The van der Waals surface area contributed by atoms with Crippen LogP contribution in [0.3, 0.4) is 0 Å². The van der Waals surface area contributed by atoms with Crippen LogP contribution in [0.5, 0.6) is 0 Å². The van der Waals surface area contributed by atoms with E-state index in [1.54, 1.807) is 42.5 Å². The lowest BCUT2D eigenvalue weighted by molar-refractivity contribution is -0.146. The number of hydrogen-bond donors (Lipinski definition) is 1. The third kappa shape index (κ3) is 2.72. The Kier molecular flexibility index (Phi) is 4.39. The zero-order valence-electron chi connectivity index (χ0n) is 17.5. The minimum Gasteiger partial charge on any atom is -0.364 e. The normalized spacial score (nSPS) is 30.2. The molecule has 7 heteroatoms. The van der Waals surface area contributed by atoms with Crippen molar-refractivity contribution in [3.63, 3.8) is 0 Å². The van der Waals surface area contributed by atoms with Gasteiger partial charge in [-0.25, -0.2) is 14.1 Å². The maximum absolute atomic E-state index is 15.0. The van der Waals surface area contributed by atoms with Crippen LogP contribution >= 0.6 is 0 Å². The molecule has 1 spiro atoms. The highest BCUT2D eigenvalue weighted by Crippen LogP contribution is 2.51. The molecule has 0 aromatic heterocycles. The zero-order chi connectivity index (χ0) is 21.9. The number of barbiturate groups is 1. The average molecular weight is 421 g/mol. The number of benzene rings is 2. The fraction of sp³-hybridized carbons (Fsp3) is 0.375. The molecule has 4 amide bonds. The van der Waals surface area contributed by atoms with Crippen LogP contribution in [0.15, 0.2) is 48.5 Å². The first kappa shape index (κ1) is 19.7. The number of carbonyl (C=O) groups is 3. The number of urea groups is 1. The van der Waals surface area contributed by atoms with Gasteiger partial charge in [0.25, 0.3) is 5.91 Å². The van der Waals surface area contributed by atoms with Gasteiger partial charge in [-0.2, -0.15) is 0 Å². The second-order valence-electron chi connectivity index (χ2n) is 9.05. The van der Waals surface area contributed by atoms with Gasteiger partial charge in [0.15, 0.2) is 5.41 Å². The minimum atomic E-state index is -1.51. The third-order valence-electron chi connectivity index (χ3n) is 6.92. The highest BCUT2D eigenvalue weighted by atomic mass is 19.1. The van der Waals surface area contributed by atoms with Crippen molar-refractivity contribution in [2.24, 2.45) is 17.3 Å². The molecule has 160 valence electrons. The topological polar surface area (TPSA) is 69.7 Å². The van der Waals surface area contributed by atoms with Gasteiger partial charge in [0.1, 0.15) is 5.82 Å². The lowest BCUT2D eigenvalue weighted by Gasteiger charge is -2.56. The van der Waals surface area contributed by atoms with Gasteiger partial charge in [-0.15, -0.1) is 0 Å². The molecule has 2 aromatic rings. The summed E-state index contributed by atoms with van der Waals surface area (Å²) in [5, 5.41) is 2.44. The largest absolute Gasteiger partial charge is 0.364 e. The summed E-state index contributed by atoms with van der Waals surface area (Å²) in [5.74, 6) is -1.25. The van der Waals surface area contributed by atoms with Gasteiger partial charge in [0.2, 0.25) is 5.91 Å². The molecule has 0 radical (unpaired) electrons. The first-order valence-electron chi connectivity index (χ1n) is 10.6. The summed E-state index contributed by atoms with van der Waals surface area (Å²) in [6.07, 6.45) is 0.869. The number of hydrogen-bond acceptors (Lipinski definition) is 4. The number of fused-ring (bicyclic) bond motifs is 4. The number of rotatable bonds is 1. The fourth-order valence-electron chi connectivity index (χ4n) is 5.89. The Hall–Kier alpha value is -3.22. The van der Waals surface area contributed by atoms with E-state index in [1.165, 1.54) is 6.07 Å². The standard InChI is InChI=1S/C24H24FN3O3/c1-14-11-15(2)20-24(12-16-7-6-10-18(25)19(16)27(20)13-14)21(29)26-23(31)28(22(24)30)17-8-4-3-5-9-17/h3-10,14-15,20H,11-13H2,1-2H3,(H,26,29,31)/t14-,15-,20-,24+/m1/s1. The second kappa shape index (κ2) is 6.90. The monoisotopic (exact) mass is 421 g/mol. The molecule has 4 atom stereocenters. The summed E-state index contributed by atoms with van der Waals surface area (Å²) in [4.78, 5) is 43.2. The number of anilines is 2. The number of amides is 4.